The maximum Gasteiger partial charge on any atom is 0.343 e. The van der Waals surface area contributed by atoms with Crippen LogP contribution in [0.15, 0.2) is 72.8 Å². The zero-order chi connectivity index (χ0) is 22.6. The third-order valence-electron chi connectivity index (χ3n) is 5.90. The normalized spacial score (nSPS) is 10.8. The van der Waals surface area contributed by atoms with Gasteiger partial charge in [0.25, 0.3) is 0 Å². The molecule has 0 radical (unpaired) electrons. The van der Waals surface area contributed by atoms with Crippen LogP contribution in [0, 0.1) is 0 Å². The molecule has 2 heteroatoms. The van der Waals surface area contributed by atoms with E-state index in [-0.39, 0.29) is 5.97 Å². The second kappa shape index (κ2) is 12.9. The first-order chi connectivity index (χ1) is 15.7. The summed E-state index contributed by atoms with van der Waals surface area (Å²) in [5.74, 6) is 0.258. The Bertz CT molecular complexity index is 938. The molecule has 3 aromatic rings. The van der Waals surface area contributed by atoms with Gasteiger partial charge in [-0.1, -0.05) is 101 Å². The highest BCUT2D eigenvalue weighted by Gasteiger charge is 2.09. The van der Waals surface area contributed by atoms with E-state index in [4.69, 9.17) is 4.74 Å². The van der Waals surface area contributed by atoms with Gasteiger partial charge in [-0.25, -0.2) is 4.79 Å². The SMILES string of the molecule is CCCCCCCCc1ccc(-c2ccc(C(=O)Oc3ccc(CCC)cc3)cc2)cc1. The number of ether oxygens (including phenoxy) is 1. The first kappa shape index (κ1) is 23.8. The van der Waals surface area contributed by atoms with Crippen LogP contribution in [0.4, 0.5) is 0 Å². The summed E-state index contributed by atoms with van der Waals surface area (Å²) in [5, 5.41) is 0. The van der Waals surface area contributed by atoms with Gasteiger partial charge in [-0.3, -0.25) is 0 Å². The van der Waals surface area contributed by atoms with Crippen molar-refractivity contribution in [1.29, 1.82) is 0 Å². The van der Waals surface area contributed by atoms with Crippen molar-refractivity contribution in [2.24, 2.45) is 0 Å². The molecule has 168 valence electrons. The van der Waals surface area contributed by atoms with Crippen molar-refractivity contribution < 1.29 is 9.53 Å². The van der Waals surface area contributed by atoms with Crippen molar-refractivity contribution in [2.45, 2.75) is 71.6 Å². The highest BCUT2D eigenvalue weighted by molar-refractivity contribution is 5.91. The zero-order valence-electron chi connectivity index (χ0n) is 19.6. The smallest absolute Gasteiger partial charge is 0.343 e. The van der Waals surface area contributed by atoms with Crippen LogP contribution in [-0.4, -0.2) is 5.97 Å². The van der Waals surface area contributed by atoms with Crippen LogP contribution in [0.1, 0.15) is 80.3 Å². The van der Waals surface area contributed by atoms with E-state index in [0.29, 0.717) is 11.3 Å². The van der Waals surface area contributed by atoms with E-state index in [1.54, 1.807) is 0 Å². The molecule has 0 aliphatic carbocycles. The van der Waals surface area contributed by atoms with Crippen LogP contribution in [0.5, 0.6) is 5.75 Å². The molecule has 0 aliphatic rings. The Kier molecular flexibility index (Phi) is 9.56. The van der Waals surface area contributed by atoms with Crippen molar-refractivity contribution in [3.05, 3.63) is 89.5 Å². The van der Waals surface area contributed by atoms with Gasteiger partial charge >= 0.3 is 5.97 Å². The van der Waals surface area contributed by atoms with Crippen LogP contribution in [-0.2, 0) is 12.8 Å². The van der Waals surface area contributed by atoms with Gasteiger partial charge in [0, 0.05) is 0 Å². The topological polar surface area (TPSA) is 26.3 Å². The predicted octanol–water partition coefficient (Wildman–Crippen LogP) is 8.43. The van der Waals surface area contributed by atoms with Crippen LogP contribution in [0.2, 0.25) is 0 Å². The Hall–Kier alpha value is -2.87. The number of carbonyl (C=O) groups is 1. The number of hydrogen-bond donors (Lipinski definition) is 0. The third-order valence-corrected chi connectivity index (χ3v) is 5.90. The first-order valence-corrected chi connectivity index (χ1v) is 12.2. The molecular weight excluding hydrogens is 392 g/mol. The number of carbonyl (C=O) groups excluding carboxylic acids is 1. The molecule has 3 rings (SSSR count). The maximum absolute atomic E-state index is 12.5. The molecule has 0 fully saturated rings. The largest absolute Gasteiger partial charge is 0.423 e. The Morgan fingerprint density at radius 2 is 1.12 bits per heavy atom. The number of aryl methyl sites for hydroxylation is 2. The predicted molar refractivity (Wildman–Crippen MR) is 134 cm³/mol. The minimum Gasteiger partial charge on any atom is -0.423 e. The molecule has 0 N–H and O–H groups in total. The van der Waals surface area contributed by atoms with E-state index in [9.17, 15) is 4.79 Å². The van der Waals surface area contributed by atoms with Crippen molar-refractivity contribution in [2.75, 3.05) is 0 Å². The molecule has 3 aromatic carbocycles. The fourth-order valence-electron chi connectivity index (χ4n) is 3.95. The quantitative estimate of drug-likeness (QED) is 0.164. The van der Waals surface area contributed by atoms with E-state index < -0.39 is 0 Å². The van der Waals surface area contributed by atoms with Gasteiger partial charge < -0.3 is 4.74 Å². The molecule has 0 heterocycles. The number of benzene rings is 3. The monoisotopic (exact) mass is 428 g/mol. The van der Waals surface area contributed by atoms with E-state index in [2.05, 4.69) is 38.1 Å². The van der Waals surface area contributed by atoms with Gasteiger partial charge in [0.15, 0.2) is 0 Å². The lowest BCUT2D eigenvalue weighted by Crippen LogP contribution is -2.08. The van der Waals surface area contributed by atoms with Gasteiger partial charge in [-0.15, -0.1) is 0 Å². The Morgan fingerprint density at radius 3 is 1.75 bits per heavy atom. The second-order valence-electron chi connectivity index (χ2n) is 8.58. The fraction of sp³-hybridized carbons (Fsp3) is 0.367. The standard InChI is InChI=1S/C30H36O2/c1-3-5-6-7-8-9-11-25-12-16-26(17-13-25)27-18-20-28(21-19-27)30(31)32-29-22-14-24(10-4-2)15-23-29/h12-23H,3-11H2,1-2H3. The molecular formula is C30H36O2. The fourth-order valence-corrected chi connectivity index (χ4v) is 3.95. The lowest BCUT2D eigenvalue weighted by molar-refractivity contribution is 0.0734. The molecule has 0 aliphatic heterocycles. The average molecular weight is 429 g/mol. The average Bonchev–Trinajstić information content (AvgIpc) is 2.83. The summed E-state index contributed by atoms with van der Waals surface area (Å²) in [5.41, 5.74) is 5.50. The highest BCUT2D eigenvalue weighted by Crippen LogP contribution is 2.22. The van der Waals surface area contributed by atoms with Crippen molar-refractivity contribution in [1.82, 2.24) is 0 Å². The molecule has 0 unspecified atom stereocenters. The van der Waals surface area contributed by atoms with E-state index in [1.165, 1.54) is 55.2 Å². The minimum atomic E-state index is -0.325. The van der Waals surface area contributed by atoms with Crippen LogP contribution in [0.25, 0.3) is 11.1 Å². The molecule has 0 spiro atoms. The summed E-state index contributed by atoms with van der Waals surface area (Å²) in [6.45, 7) is 4.41. The maximum atomic E-state index is 12.5. The molecule has 0 bridgehead atoms. The van der Waals surface area contributed by atoms with Gasteiger partial charge in [0.2, 0.25) is 0 Å². The lowest BCUT2D eigenvalue weighted by Gasteiger charge is -2.08. The Morgan fingerprint density at radius 1 is 0.594 bits per heavy atom. The van der Waals surface area contributed by atoms with Crippen LogP contribution < -0.4 is 4.74 Å². The van der Waals surface area contributed by atoms with Gasteiger partial charge in [-0.05, 0) is 65.8 Å². The number of esters is 1. The molecule has 2 nitrogen and oxygen atoms in total. The van der Waals surface area contributed by atoms with Crippen LogP contribution in [0.3, 0.4) is 0 Å². The molecule has 0 saturated carbocycles. The number of rotatable bonds is 12. The molecule has 32 heavy (non-hydrogen) atoms. The zero-order valence-corrected chi connectivity index (χ0v) is 19.6. The molecule has 0 amide bonds. The minimum absolute atomic E-state index is 0.325. The Labute approximate surface area is 193 Å². The molecule has 0 atom stereocenters. The van der Waals surface area contributed by atoms with Crippen LogP contribution >= 0.6 is 0 Å². The number of unbranched alkanes of at least 4 members (excludes halogenated alkanes) is 5. The molecule has 0 saturated heterocycles. The summed E-state index contributed by atoms with van der Waals surface area (Å²) < 4.78 is 5.52. The molecule has 0 aromatic heterocycles. The summed E-state index contributed by atoms with van der Waals surface area (Å²) >= 11 is 0. The highest BCUT2D eigenvalue weighted by atomic mass is 16.5. The lowest BCUT2D eigenvalue weighted by atomic mass is 10.00. The first-order valence-electron chi connectivity index (χ1n) is 12.2. The summed E-state index contributed by atoms with van der Waals surface area (Å²) in [4.78, 5) is 12.5. The number of hydrogen-bond acceptors (Lipinski definition) is 2. The van der Waals surface area contributed by atoms with E-state index in [0.717, 1.165) is 24.8 Å². The third kappa shape index (κ3) is 7.37. The van der Waals surface area contributed by atoms with Gasteiger partial charge in [0.05, 0.1) is 5.56 Å². The summed E-state index contributed by atoms with van der Waals surface area (Å²) in [7, 11) is 0. The summed E-state index contributed by atoms with van der Waals surface area (Å²) in [6, 6.07) is 24.2. The second-order valence-corrected chi connectivity index (χ2v) is 8.58. The van der Waals surface area contributed by atoms with Gasteiger partial charge in [0.1, 0.15) is 5.75 Å². The van der Waals surface area contributed by atoms with E-state index >= 15 is 0 Å². The van der Waals surface area contributed by atoms with Crippen molar-refractivity contribution >= 4 is 5.97 Å². The Balaban J connectivity index is 1.51. The van der Waals surface area contributed by atoms with E-state index in [1.807, 2.05) is 48.5 Å². The summed E-state index contributed by atoms with van der Waals surface area (Å²) in [6.07, 6.45) is 11.3. The van der Waals surface area contributed by atoms with Gasteiger partial charge in [-0.2, -0.15) is 0 Å². The van der Waals surface area contributed by atoms with Crippen molar-refractivity contribution in [3.8, 4) is 16.9 Å². The van der Waals surface area contributed by atoms with Crippen molar-refractivity contribution in [3.63, 3.8) is 0 Å².